The summed E-state index contributed by atoms with van der Waals surface area (Å²) in [5.41, 5.74) is 2.63. The fourth-order valence-corrected chi connectivity index (χ4v) is 2.59. The Balaban J connectivity index is 2.02. The number of nitrogens with zero attached hydrogens (tertiary/aromatic N) is 2. The average molecular weight is 256 g/mol. The SMILES string of the molecule is OC(c1ccsc1)c1ccnn1-c1ccccc1. The highest BCUT2D eigenvalue weighted by Gasteiger charge is 2.16. The summed E-state index contributed by atoms with van der Waals surface area (Å²) < 4.78 is 1.77. The summed E-state index contributed by atoms with van der Waals surface area (Å²) in [5.74, 6) is 0. The maximum absolute atomic E-state index is 10.4. The van der Waals surface area contributed by atoms with E-state index in [2.05, 4.69) is 5.10 Å². The van der Waals surface area contributed by atoms with Crippen molar-refractivity contribution in [2.24, 2.45) is 0 Å². The van der Waals surface area contributed by atoms with Crippen molar-refractivity contribution in [1.82, 2.24) is 9.78 Å². The van der Waals surface area contributed by atoms with Crippen molar-refractivity contribution >= 4 is 11.3 Å². The van der Waals surface area contributed by atoms with Crippen LogP contribution in [0.4, 0.5) is 0 Å². The maximum atomic E-state index is 10.4. The first-order chi connectivity index (χ1) is 8.86. The van der Waals surface area contributed by atoms with Crippen LogP contribution in [0.25, 0.3) is 5.69 Å². The molecule has 0 aliphatic carbocycles. The third kappa shape index (κ3) is 1.96. The van der Waals surface area contributed by atoms with Crippen LogP contribution in [-0.4, -0.2) is 14.9 Å². The largest absolute Gasteiger partial charge is 0.382 e. The van der Waals surface area contributed by atoms with Crippen LogP contribution in [0.5, 0.6) is 0 Å². The highest BCUT2D eigenvalue weighted by atomic mass is 32.1. The molecular formula is C14H12N2OS. The fourth-order valence-electron chi connectivity index (χ4n) is 1.91. The first-order valence-electron chi connectivity index (χ1n) is 5.66. The predicted molar refractivity (Wildman–Crippen MR) is 71.9 cm³/mol. The first kappa shape index (κ1) is 11.2. The molecule has 1 aromatic carbocycles. The van der Waals surface area contributed by atoms with Crippen LogP contribution in [0, 0.1) is 0 Å². The number of aliphatic hydroxyl groups is 1. The zero-order valence-corrected chi connectivity index (χ0v) is 10.4. The van der Waals surface area contributed by atoms with E-state index in [1.165, 1.54) is 0 Å². The Hall–Kier alpha value is -1.91. The van der Waals surface area contributed by atoms with Crippen LogP contribution in [0.15, 0.2) is 59.4 Å². The second kappa shape index (κ2) is 4.76. The summed E-state index contributed by atoms with van der Waals surface area (Å²) in [4.78, 5) is 0. The van der Waals surface area contributed by atoms with Gasteiger partial charge in [0.1, 0.15) is 6.10 Å². The second-order valence-electron chi connectivity index (χ2n) is 3.96. The Morgan fingerprint density at radius 2 is 1.94 bits per heavy atom. The molecule has 3 aromatic rings. The lowest BCUT2D eigenvalue weighted by atomic mass is 10.1. The molecule has 0 spiro atoms. The summed E-state index contributed by atoms with van der Waals surface area (Å²) in [5, 5.41) is 18.5. The molecule has 0 aliphatic rings. The fraction of sp³-hybridized carbons (Fsp3) is 0.0714. The molecule has 0 fully saturated rings. The Morgan fingerprint density at radius 1 is 1.11 bits per heavy atom. The lowest BCUT2D eigenvalue weighted by Crippen LogP contribution is -2.07. The summed E-state index contributed by atoms with van der Waals surface area (Å²) in [6, 6.07) is 13.6. The Labute approximate surface area is 109 Å². The lowest BCUT2D eigenvalue weighted by Gasteiger charge is -2.12. The molecule has 4 heteroatoms. The number of benzene rings is 1. The minimum absolute atomic E-state index is 0.640. The van der Waals surface area contributed by atoms with E-state index in [0.717, 1.165) is 16.9 Å². The second-order valence-corrected chi connectivity index (χ2v) is 4.74. The third-order valence-electron chi connectivity index (χ3n) is 2.81. The minimum Gasteiger partial charge on any atom is -0.382 e. The van der Waals surface area contributed by atoms with Crippen molar-refractivity contribution in [3.63, 3.8) is 0 Å². The van der Waals surface area contributed by atoms with Gasteiger partial charge in [0.05, 0.1) is 11.4 Å². The molecule has 2 aromatic heterocycles. The number of para-hydroxylation sites is 1. The summed E-state index contributed by atoms with van der Waals surface area (Å²) >= 11 is 1.58. The molecule has 0 saturated heterocycles. The molecule has 3 nitrogen and oxygen atoms in total. The van der Waals surface area contributed by atoms with Crippen LogP contribution in [0.2, 0.25) is 0 Å². The van der Waals surface area contributed by atoms with E-state index in [4.69, 9.17) is 0 Å². The van der Waals surface area contributed by atoms with Crippen LogP contribution in [-0.2, 0) is 0 Å². The first-order valence-corrected chi connectivity index (χ1v) is 6.60. The number of hydrogen-bond acceptors (Lipinski definition) is 3. The standard InChI is InChI=1S/C14H12N2OS/c17-14(11-7-9-18-10-11)13-6-8-15-16(13)12-4-2-1-3-5-12/h1-10,14,17H. The molecule has 2 heterocycles. The monoisotopic (exact) mass is 256 g/mol. The van der Waals surface area contributed by atoms with Crippen molar-refractivity contribution in [1.29, 1.82) is 0 Å². The normalized spacial score (nSPS) is 12.5. The van der Waals surface area contributed by atoms with Gasteiger partial charge in [-0.2, -0.15) is 16.4 Å². The van der Waals surface area contributed by atoms with Gasteiger partial charge in [-0.1, -0.05) is 18.2 Å². The predicted octanol–water partition coefficient (Wildman–Crippen LogP) is 3.02. The van der Waals surface area contributed by atoms with Gasteiger partial charge in [0.15, 0.2) is 0 Å². The summed E-state index contributed by atoms with van der Waals surface area (Å²) in [7, 11) is 0. The highest BCUT2D eigenvalue weighted by Crippen LogP contribution is 2.25. The molecule has 18 heavy (non-hydrogen) atoms. The van der Waals surface area contributed by atoms with Gasteiger partial charge in [0.2, 0.25) is 0 Å². The highest BCUT2D eigenvalue weighted by molar-refractivity contribution is 7.07. The van der Waals surface area contributed by atoms with Crippen LogP contribution in [0.3, 0.4) is 0 Å². The van der Waals surface area contributed by atoms with Gasteiger partial charge in [-0.15, -0.1) is 0 Å². The van der Waals surface area contributed by atoms with Crippen molar-refractivity contribution in [3.05, 3.63) is 70.7 Å². The number of thiophene rings is 1. The maximum Gasteiger partial charge on any atom is 0.122 e. The van der Waals surface area contributed by atoms with Crippen molar-refractivity contribution in [2.45, 2.75) is 6.10 Å². The van der Waals surface area contributed by atoms with E-state index in [9.17, 15) is 5.11 Å². The van der Waals surface area contributed by atoms with Gasteiger partial charge in [0.25, 0.3) is 0 Å². The van der Waals surface area contributed by atoms with Gasteiger partial charge in [-0.05, 0) is 40.6 Å². The smallest absolute Gasteiger partial charge is 0.122 e. The Bertz CT molecular complexity index is 616. The van der Waals surface area contributed by atoms with E-state index in [1.807, 2.05) is 53.2 Å². The molecule has 1 N–H and O–H groups in total. The van der Waals surface area contributed by atoms with E-state index >= 15 is 0 Å². The van der Waals surface area contributed by atoms with Gasteiger partial charge in [-0.3, -0.25) is 0 Å². The Kier molecular flexibility index (Phi) is 2.96. The number of hydrogen-bond donors (Lipinski definition) is 1. The van der Waals surface area contributed by atoms with Crippen LogP contribution < -0.4 is 0 Å². The minimum atomic E-state index is -0.640. The van der Waals surface area contributed by atoms with Crippen LogP contribution in [0.1, 0.15) is 17.4 Å². The molecule has 0 radical (unpaired) electrons. The number of aromatic nitrogens is 2. The topological polar surface area (TPSA) is 38.1 Å². The van der Waals surface area contributed by atoms with E-state index in [1.54, 1.807) is 22.2 Å². The van der Waals surface area contributed by atoms with E-state index in [-0.39, 0.29) is 0 Å². The van der Waals surface area contributed by atoms with E-state index in [0.29, 0.717) is 0 Å². The molecule has 1 unspecified atom stereocenters. The van der Waals surface area contributed by atoms with E-state index < -0.39 is 6.10 Å². The summed E-state index contributed by atoms with van der Waals surface area (Å²) in [6.45, 7) is 0. The van der Waals surface area contributed by atoms with Crippen molar-refractivity contribution in [3.8, 4) is 5.69 Å². The average Bonchev–Trinajstić information content (AvgIpc) is 3.10. The zero-order chi connectivity index (χ0) is 12.4. The molecule has 0 saturated carbocycles. The van der Waals surface area contributed by atoms with Crippen molar-refractivity contribution < 1.29 is 5.11 Å². The molecule has 1 atom stereocenters. The van der Waals surface area contributed by atoms with Gasteiger partial charge < -0.3 is 5.11 Å². The molecule has 0 amide bonds. The molecule has 0 bridgehead atoms. The number of rotatable bonds is 3. The zero-order valence-electron chi connectivity index (χ0n) is 9.60. The molecular weight excluding hydrogens is 244 g/mol. The summed E-state index contributed by atoms with van der Waals surface area (Å²) in [6.07, 6.45) is 1.07. The lowest BCUT2D eigenvalue weighted by molar-refractivity contribution is 0.212. The quantitative estimate of drug-likeness (QED) is 0.782. The molecule has 3 rings (SSSR count). The van der Waals surface area contributed by atoms with Gasteiger partial charge in [0, 0.05) is 6.20 Å². The van der Waals surface area contributed by atoms with Crippen molar-refractivity contribution in [2.75, 3.05) is 0 Å². The number of aliphatic hydroxyl groups excluding tert-OH is 1. The van der Waals surface area contributed by atoms with Crippen LogP contribution >= 0.6 is 11.3 Å². The Morgan fingerprint density at radius 3 is 2.67 bits per heavy atom. The molecule has 90 valence electrons. The molecule has 0 aliphatic heterocycles. The van der Waals surface area contributed by atoms with Gasteiger partial charge in [-0.25, -0.2) is 4.68 Å². The third-order valence-corrected chi connectivity index (χ3v) is 3.51. The van der Waals surface area contributed by atoms with Gasteiger partial charge >= 0.3 is 0 Å².